The van der Waals surface area contributed by atoms with Crippen LogP contribution in [0.2, 0.25) is 0 Å². The van der Waals surface area contributed by atoms with Crippen LogP contribution in [-0.2, 0) is 0 Å². The number of H-pyrrole nitrogens is 1. The molecule has 0 amide bonds. The zero-order chi connectivity index (χ0) is 16.1. The maximum Gasteiger partial charge on any atom is 0.152 e. The van der Waals surface area contributed by atoms with Crippen LogP contribution in [0.3, 0.4) is 0 Å². The summed E-state index contributed by atoms with van der Waals surface area (Å²) in [5.74, 6) is 0.547. The lowest BCUT2D eigenvalue weighted by atomic mass is 10.1. The summed E-state index contributed by atoms with van der Waals surface area (Å²) < 4.78 is 0. The fraction of sp³-hybridized carbons (Fsp3) is 0.444. The molecule has 1 fully saturated rings. The molecule has 0 radical (unpaired) electrons. The van der Waals surface area contributed by atoms with Crippen molar-refractivity contribution < 1.29 is 5.11 Å². The first-order chi connectivity index (χ1) is 11.3. The summed E-state index contributed by atoms with van der Waals surface area (Å²) in [5, 5.41) is 19.9. The van der Waals surface area contributed by atoms with Crippen molar-refractivity contribution in [2.75, 3.05) is 19.6 Å². The van der Waals surface area contributed by atoms with Gasteiger partial charge in [0.2, 0.25) is 0 Å². The predicted molar refractivity (Wildman–Crippen MR) is 90.8 cm³/mol. The minimum absolute atomic E-state index is 0.104. The number of hydrogen-bond acceptors (Lipinski definition) is 4. The number of likely N-dealkylation sites (tertiary alicyclic amines) is 1. The number of aromatic amines is 1. The van der Waals surface area contributed by atoms with Crippen LogP contribution < -0.4 is 0 Å². The van der Waals surface area contributed by atoms with Crippen molar-refractivity contribution in [3.8, 4) is 6.07 Å². The Bertz CT molecular complexity index is 700. The van der Waals surface area contributed by atoms with Crippen LogP contribution in [-0.4, -0.2) is 39.6 Å². The number of allylic oxidation sites excluding steroid dienone is 1. The van der Waals surface area contributed by atoms with Gasteiger partial charge in [0, 0.05) is 0 Å². The van der Waals surface area contributed by atoms with E-state index in [0.717, 1.165) is 37.0 Å². The molecule has 5 heteroatoms. The van der Waals surface area contributed by atoms with Gasteiger partial charge < -0.3 is 10.1 Å². The Balaban J connectivity index is 1.82. The highest BCUT2D eigenvalue weighted by molar-refractivity contribution is 5.82. The van der Waals surface area contributed by atoms with Gasteiger partial charge >= 0.3 is 0 Å². The van der Waals surface area contributed by atoms with Crippen molar-refractivity contribution in [1.82, 2.24) is 14.9 Å². The van der Waals surface area contributed by atoms with E-state index in [2.05, 4.69) is 20.9 Å². The summed E-state index contributed by atoms with van der Waals surface area (Å²) >= 11 is 0. The molecule has 1 aromatic heterocycles. The maximum atomic E-state index is 10.5. The molecule has 2 N–H and O–H groups in total. The monoisotopic (exact) mass is 310 g/mol. The largest absolute Gasteiger partial charge is 0.509 e. The van der Waals surface area contributed by atoms with Crippen LogP contribution in [0, 0.1) is 11.3 Å². The standard InChI is InChI=1S/C18H22N4O/c19-12-14(18-20-15-8-4-5-9-16(15)21-18)17(23)13-22-10-6-2-1-3-7-11-22/h4-5,8-9,23H,1-3,6-7,10-11,13H2,(H,20,21)/b17-14-. The predicted octanol–water partition coefficient (Wildman–Crippen LogP) is 3.62. The third-order valence-electron chi connectivity index (χ3n) is 4.35. The van der Waals surface area contributed by atoms with E-state index < -0.39 is 0 Å². The van der Waals surface area contributed by atoms with E-state index in [1.807, 2.05) is 24.3 Å². The van der Waals surface area contributed by atoms with Gasteiger partial charge in [0.05, 0.1) is 17.6 Å². The average molecular weight is 310 g/mol. The first-order valence-electron chi connectivity index (χ1n) is 8.27. The first-order valence-corrected chi connectivity index (χ1v) is 8.27. The summed E-state index contributed by atoms with van der Waals surface area (Å²) in [7, 11) is 0. The Labute approximate surface area is 136 Å². The molecule has 1 aromatic carbocycles. The van der Waals surface area contributed by atoms with Gasteiger partial charge in [-0.2, -0.15) is 5.26 Å². The number of aliphatic hydroxyl groups is 1. The fourth-order valence-corrected chi connectivity index (χ4v) is 3.09. The molecule has 0 saturated carbocycles. The molecule has 1 saturated heterocycles. The molecule has 0 spiro atoms. The molecule has 2 aromatic rings. The molecule has 120 valence electrons. The van der Waals surface area contributed by atoms with Gasteiger partial charge in [0.25, 0.3) is 0 Å². The van der Waals surface area contributed by atoms with E-state index in [-0.39, 0.29) is 11.3 Å². The lowest BCUT2D eigenvalue weighted by Gasteiger charge is -2.24. The second kappa shape index (κ2) is 7.30. The molecule has 0 unspecified atom stereocenters. The van der Waals surface area contributed by atoms with E-state index in [1.165, 1.54) is 19.3 Å². The summed E-state index contributed by atoms with van der Waals surface area (Å²) in [6.45, 7) is 2.37. The molecule has 0 bridgehead atoms. The quantitative estimate of drug-likeness (QED) is 0.670. The van der Waals surface area contributed by atoms with Crippen LogP contribution in [0.25, 0.3) is 16.6 Å². The third kappa shape index (κ3) is 3.72. The first kappa shape index (κ1) is 15.6. The van der Waals surface area contributed by atoms with Crippen LogP contribution in [0.5, 0.6) is 0 Å². The van der Waals surface area contributed by atoms with E-state index in [0.29, 0.717) is 12.4 Å². The smallest absolute Gasteiger partial charge is 0.152 e. The van der Waals surface area contributed by atoms with E-state index in [4.69, 9.17) is 0 Å². The fourth-order valence-electron chi connectivity index (χ4n) is 3.09. The molecule has 5 nitrogen and oxygen atoms in total. The third-order valence-corrected chi connectivity index (χ3v) is 4.35. The molecule has 2 heterocycles. The van der Waals surface area contributed by atoms with E-state index >= 15 is 0 Å². The Morgan fingerprint density at radius 1 is 1.17 bits per heavy atom. The Kier molecular flexibility index (Phi) is 4.94. The van der Waals surface area contributed by atoms with Crippen molar-refractivity contribution in [2.45, 2.75) is 32.1 Å². The number of fused-ring (bicyclic) bond motifs is 1. The van der Waals surface area contributed by atoms with E-state index in [1.54, 1.807) is 0 Å². The van der Waals surface area contributed by atoms with Gasteiger partial charge in [-0.3, -0.25) is 4.90 Å². The number of hydrogen-bond donors (Lipinski definition) is 2. The zero-order valence-corrected chi connectivity index (χ0v) is 13.3. The normalized spacial score (nSPS) is 18.0. The Morgan fingerprint density at radius 2 is 1.87 bits per heavy atom. The van der Waals surface area contributed by atoms with Crippen molar-refractivity contribution in [1.29, 1.82) is 5.26 Å². The number of aliphatic hydroxyl groups excluding tert-OH is 1. The highest BCUT2D eigenvalue weighted by Gasteiger charge is 2.16. The SMILES string of the molecule is N#C/C(=C(/O)CN1CCCCCCC1)c1nc2ccccc2[nH]1. The van der Waals surface area contributed by atoms with Gasteiger partial charge in [-0.15, -0.1) is 0 Å². The number of nitrogens with zero attached hydrogens (tertiary/aromatic N) is 3. The second-order valence-electron chi connectivity index (χ2n) is 6.08. The number of aromatic nitrogens is 2. The molecule has 0 atom stereocenters. The second-order valence-corrected chi connectivity index (χ2v) is 6.08. The minimum Gasteiger partial charge on any atom is -0.509 e. The number of benzene rings is 1. The van der Waals surface area contributed by atoms with Crippen molar-refractivity contribution in [3.63, 3.8) is 0 Å². The van der Waals surface area contributed by atoms with Crippen LogP contribution in [0.1, 0.15) is 37.9 Å². The topological polar surface area (TPSA) is 75.9 Å². The molecule has 3 rings (SSSR count). The minimum atomic E-state index is 0.104. The van der Waals surface area contributed by atoms with Gasteiger partial charge in [-0.05, 0) is 38.1 Å². The number of nitrogens with one attached hydrogen (secondary N) is 1. The number of rotatable bonds is 3. The molecule has 1 aliphatic rings. The number of para-hydroxylation sites is 2. The van der Waals surface area contributed by atoms with Gasteiger partial charge in [-0.1, -0.05) is 31.4 Å². The summed E-state index contributed by atoms with van der Waals surface area (Å²) in [4.78, 5) is 9.76. The van der Waals surface area contributed by atoms with Crippen molar-refractivity contribution >= 4 is 16.6 Å². The summed E-state index contributed by atoms with van der Waals surface area (Å²) in [5.41, 5.74) is 1.91. The Morgan fingerprint density at radius 3 is 2.57 bits per heavy atom. The lowest BCUT2D eigenvalue weighted by molar-refractivity contribution is 0.231. The van der Waals surface area contributed by atoms with Crippen LogP contribution in [0.4, 0.5) is 0 Å². The molecule has 23 heavy (non-hydrogen) atoms. The van der Waals surface area contributed by atoms with Crippen LogP contribution >= 0.6 is 0 Å². The van der Waals surface area contributed by atoms with Gasteiger partial charge in [0.15, 0.2) is 5.82 Å². The molecule has 0 aliphatic carbocycles. The highest BCUT2D eigenvalue weighted by atomic mass is 16.3. The van der Waals surface area contributed by atoms with Gasteiger partial charge in [-0.25, -0.2) is 4.98 Å². The maximum absolute atomic E-state index is 10.5. The average Bonchev–Trinajstić information content (AvgIpc) is 2.94. The summed E-state index contributed by atoms with van der Waals surface area (Å²) in [6.07, 6.45) is 6.10. The number of nitriles is 1. The van der Waals surface area contributed by atoms with Gasteiger partial charge in [0.1, 0.15) is 17.4 Å². The van der Waals surface area contributed by atoms with Crippen molar-refractivity contribution in [2.24, 2.45) is 0 Å². The Hall–Kier alpha value is -2.32. The lowest BCUT2D eigenvalue weighted by Crippen LogP contribution is -2.29. The number of imidazole rings is 1. The molecular weight excluding hydrogens is 288 g/mol. The summed E-state index contributed by atoms with van der Waals surface area (Å²) in [6, 6.07) is 9.73. The van der Waals surface area contributed by atoms with E-state index in [9.17, 15) is 10.4 Å². The molecule has 1 aliphatic heterocycles. The zero-order valence-electron chi connectivity index (χ0n) is 13.3. The highest BCUT2D eigenvalue weighted by Crippen LogP contribution is 2.20. The van der Waals surface area contributed by atoms with Crippen molar-refractivity contribution in [3.05, 3.63) is 35.8 Å². The van der Waals surface area contributed by atoms with Crippen LogP contribution in [0.15, 0.2) is 30.0 Å². The molecular formula is C18H22N4O.